The summed E-state index contributed by atoms with van der Waals surface area (Å²) in [5.41, 5.74) is 0. The molecule has 0 spiro atoms. The van der Waals surface area contributed by atoms with E-state index < -0.39 is 0 Å². The Balaban J connectivity index is 0.00000162. The first-order valence-electron chi connectivity index (χ1n) is 6.84. The van der Waals surface area contributed by atoms with Crippen LogP contribution in [0.1, 0.15) is 25.7 Å². The SMILES string of the molecule is CN(C)C1CCCN(C(=O)[C@@H]2CCCNC2)C1.Cl.Cl. The molecule has 1 N–H and O–H groups in total. The number of carbonyl (C=O) groups is 1. The fraction of sp³-hybridized carbons (Fsp3) is 0.923. The maximum atomic E-state index is 12.4. The van der Waals surface area contributed by atoms with Crippen molar-refractivity contribution in [2.75, 3.05) is 40.3 Å². The molecular formula is C13H27Cl2N3O. The monoisotopic (exact) mass is 311 g/mol. The normalized spacial score (nSPS) is 27.4. The highest BCUT2D eigenvalue weighted by atomic mass is 35.5. The summed E-state index contributed by atoms with van der Waals surface area (Å²) in [6.45, 7) is 3.83. The van der Waals surface area contributed by atoms with Gasteiger partial charge >= 0.3 is 0 Å². The molecule has 2 fully saturated rings. The number of halogens is 2. The van der Waals surface area contributed by atoms with Crippen molar-refractivity contribution in [2.24, 2.45) is 5.92 Å². The lowest BCUT2D eigenvalue weighted by molar-refractivity contribution is -0.138. The Morgan fingerprint density at radius 1 is 1.21 bits per heavy atom. The summed E-state index contributed by atoms with van der Waals surface area (Å²) in [6.07, 6.45) is 4.57. The maximum absolute atomic E-state index is 12.4. The van der Waals surface area contributed by atoms with Crippen LogP contribution in [-0.2, 0) is 4.79 Å². The molecule has 19 heavy (non-hydrogen) atoms. The number of piperidine rings is 2. The average molecular weight is 312 g/mol. The zero-order chi connectivity index (χ0) is 12.3. The molecule has 2 saturated heterocycles. The Hall–Kier alpha value is -0.0300. The molecule has 0 aromatic heterocycles. The number of hydrogen-bond acceptors (Lipinski definition) is 3. The van der Waals surface area contributed by atoms with Gasteiger partial charge in [-0.3, -0.25) is 4.79 Å². The van der Waals surface area contributed by atoms with Gasteiger partial charge in [0.1, 0.15) is 0 Å². The molecule has 2 atom stereocenters. The smallest absolute Gasteiger partial charge is 0.227 e. The van der Waals surface area contributed by atoms with E-state index in [0.717, 1.165) is 45.4 Å². The lowest BCUT2D eigenvalue weighted by Crippen LogP contribution is -2.51. The summed E-state index contributed by atoms with van der Waals surface area (Å²) in [6, 6.07) is 0.546. The highest BCUT2D eigenvalue weighted by molar-refractivity contribution is 5.85. The fourth-order valence-corrected chi connectivity index (χ4v) is 2.90. The van der Waals surface area contributed by atoms with E-state index in [-0.39, 0.29) is 30.7 Å². The molecule has 2 heterocycles. The van der Waals surface area contributed by atoms with Gasteiger partial charge in [0.15, 0.2) is 0 Å². The summed E-state index contributed by atoms with van der Waals surface area (Å²) in [5.74, 6) is 0.605. The van der Waals surface area contributed by atoms with Crippen LogP contribution in [0.3, 0.4) is 0 Å². The van der Waals surface area contributed by atoms with Gasteiger partial charge in [0.25, 0.3) is 0 Å². The number of amides is 1. The van der Waals surface area contributed by atoms with Crippen molar-refractivity contribution in [3.05, 3.63) is 0 Å². The molecule has 2 aliphatic heterocycles. The Morgan fingerprint density at radius 2 is 1.95 bits per heavy atom. The molecule has 114 valence electrons. The molecule has 6 heteroatoms. The number of likely N-dealkylation sites (tertiary alicyclic amines) is 1. The van der Waals surface area contributed by atoms with Crippen molar-refractivity contribution in [1.82, 2.24) is 15.1 Å². The molecule has 2 aliphatic rings. The highest BCUT2D eigenvalue weighted by Gasteiger charge is 2.30. The zero-order valence-corrected chi connectivity index (χ0v) is 13.6. The van der Waals surface area contributed by atoms with Crippen LogP contribution in [0, 0.1) is 5.92 Å². The van der Waals surface area contributed by atoms with E-state index in [4.69, 9.17) is 0 Å². The van der Waals surface area contributed by atoms with E-state index in [9.17, 15) is 4.79 Å². The van der Waals surface area contributed by atoms with Crippen molar-refractivity contribution < 1.29 is 4.79 Å². The second-order valence-corrected chi connectivity index (χ2v) is 5.59. The lowest BCUT2D eigenvalue weighted by atomic mass is 9.96. The van der Waals surface area contributed by atoms with Crippen LogP contribution >= 0.6 is 24.8 Å². The molecule has 0 radical (unpaired) electrons. The summed E-state index contributed by atoms with van der Waals surface area (Å²) >= 11 is 0. The second-order valence-electron chi connectivity index (χ2n) is 5.59. The molecule has 4 nitrogen and oxygen atoms in total. The molecule has 1 unspecified atom stereocenters. The van der Waals surface area contributed by atoms with Crippen molar-refractivity contribution in [3.63, 3.8) is 0 Å². The lowest BCUT2D eigenvalue weighted by Gasteiger charge is -2.38. The van der Waals surface area contributed by atoms with Crippen LogP contribution < -0.4 is 5.32 Å². The van der Waals surface area contributed by atoms with E-state index >= 15 is 0 Å². The first-order valence-corrected chi connectivity index (χ1v) is 6.84. The summed E-state index contributed by atoms with van der Waals surface area (Å²) in [7, 11) is 4.22. The van der Waals surface area contributed by atoms with E-state index in [1.54, 1.807) is 0 Å². The minimum absolute atomic E-state index is 0. The van der Waals surface area contributed by atoms with Crippen molar-refractivity contribution in [1.29, 1.82) is 0 Å². The number of nitrogens with one attached hydrogen (secondary N) is 1. The molecule has 0 bridgehead atoms. The van der Waals surface area contributed by atoms with Gasteiger partial charge in [-0.2, -0.15) is 0 Å². The number of nitrogens with zero attached hydrogens (tertiary/aromatic N) is 2. The van der Waals surface area contributed by atoms with Gasteiger partial charge in [0, 0.05) is 25.7 Å². The van der Waals surface area contributed by atoms with E-state index in [2.05, 4.69) is 29.2 Å². The number of rotatable bonds is 2. The zero-order valence-electron chi connectivity index (χ0n) is 11.9. The highest BCUT2D eigenvalue weighted by Crippen LogP contribution is 2.19. The maximum Gasteiger partial charge on any atom is 0.227 e. The first kappa shape index (κ1) is 19.0. The van der Waals surface area contributed by atoms with Gasteiger partial charge in [-0.1, -0.05) is 0 Å². The number of carbonyl (C=O) groups excluding carboxylic acids is 1. The Labute approximate surface area is 129 Å². The van der Waals surface area contributed by atoms with E-state index in [1.165, 1.54) is 6.42 Å². The number of hydrogen-bond donors (Lipinski definition) is 1. The quantitative estimate of drug-likeness (QED) is 0.837. The predicted octanol–water partition coefficient (Wildman–Crippen LogP) is 1.38. The van der Waals surface area contributed by atoms with Gasteiger partial charge in [0.2, 0.25) is 5.91 Å². The van der Waals surface area contributed by atoms with Crippen molar-refractivity contribution >= 4 is 30.7 Å². The fourth-order valence-electron chi connectivity index (χ4n) is 2.90. The minimum Gasteiger partial charge on any atom is -0.341 e. The third-order valence-electron chi connectivity index (χ3n) is 4.08. The molecule has 0 aromatic carbocycles. The van der Waals surface area contributed by atoms with Crippen LogP contribution in [0.2, 0.25) is 0 Å². The van der Waals surface area contributed by atoms with Gasteiger partial charge in [-0.25, -0.2) is 0 Å². The molecule has 0 aromatic rings. The molecule has 2 rings (SSSR count). The van der Waals surface area contributed by atoms with Crippen molar-refractivity contribution in [3.8, 4) is 0 Å². The third kappa shape index (κ3) is 5.10. The van der Waals surface area contributed by atoms with Gasteiger partial charge in [-0.15, -0.1) is 24.8 Å². The summed E-state index contributed by atoms with van der Waals surface area (Å²) in [4.78, 5) is 16.7. The van der Waals surface area contributed by atoms with Crippen LogP contribution in [0.25, 0.3) is 0 Å². The molecular weight excluding hydrogens is 285 g/mol. The number of likely N-dealkylation sites (N-methyl/N-ethyl adjacent to an activating group) is 1. The van der Waals surface area contributed by atoms with Gasteiger partial charge in [0.05, 0.1) is 5.92 Å². The van der Waals surface area contributed by atoms with Crippen molar-refractivity contribution in [2.45, 2.75) is 31.7 Å². The third-order valence-corrected chi connectivity index (χ3v) is 4.08. The van der Waals surface area contributed by atoms with Crippen LogP contribution in [0.15, 0.2) is 0 Å². The standard InChI is InChI=1S/C13H25N3O.2ClH/c1-15(2)12-6-4-8-16(10-12)13(17)11-5-3-7-14-9-11;;/h11-12,14H,3-10H2,1-2H3;2*1H/t11-,12?;;/m1../s1. The summed E-state index contributed by atoms with van der Waals surface area (Å²) < 4.78 is 0. The average Bonchev–Trinajstić information content (AvgIpc) is 2.39. The largest absolute Gasteiger partial charge is 0.341 e. The first-order chi connectivity index (χ1) is 8.18. The minimum atomic E-state index is 0. The van der Waals surface area contributed by atoms with Gasteiger partial charge in [-0.05, 0) is 46.3 Å². The van der Waals surface area contributed by atoms with Gasteiger partial charge < -0.3 is 15.1 Å². The van der Waals surface area contributed by atoms with E-state index in [1.807, 2.05) is 0 Å². The van der Waals surface area contributed by atoms with E-state index in [0.29, 0.717) is 11.9 Å². The Morgan fingerprint density at radius 3 is 2.53 bits per heavy atom. The van der Waals surface area contributed by atoms with Crippen LogP contribution in [-0.4, -0.2) is 62.0 Å². The molecule has 1 amide bonds. The Kier molecular flexibility index (Phi) is 8.99. The van der Waals surface area contributed by atoms with Crippen LogP contribution in [0.5, 0.6) is 0 Å². The predicted molar refractivity (Wildman–Crippen MR) is 83.4 cm³/mol. The molecule has 0 saturated carbocycles. The Bertz CT molecular complexity index is 271. The summed E-state index contributed by atoms with van der Waals surface area (Å²) in [5, 5.41) is 3.33. The molecule has 0 aliphatic carbocycles. The van der Waals surface area contributed by atoms with Crippen LogP contribution in [0.4, 0.5) is 0 Å². The topological polar surface area (TPSA) is 35.6 Å². The second kappa shape index (κ2) is 9.01.